The van der Waals surface area contributed by atoms with E-state index in [1.165, 1.54) is 16.4 Å². The van der Waals surface area contributed by atoms with Gasteiger partial charge in [-0.3, -0.25) is 9.69 Å². The van der Waals surface area contributed by atoms with E-state index in [1.807, 2.05) is 0 Å². The lowest BCUT2D eigenvalue weighted by molar-refractivity contribution is 0.200. The van der Waals surface area contributed by atoms with Crippen LogP contribution < -0.4 is 5.56 Å². The van der Waals surface area contributed by atoms with Crippen molar-refractivity contribution in [3.8, 4) is 0 Å². The van der Waals surface area contributed by atoms with E-state index < -0.39 is 21.9 Å². The fraction of sp³-hybridized carbons (Fsp3) is 0.500. The lowest BCUT2D eigenvalue weighted by atomic mass is 10.0. The van der Waals surface area contributed by atoms with Gasteiger partial charge in [0.05, 0.1) is 22.2 Å². The molecular formula is C20H25FN4O3S. The van der Waals surface area contributed by atoms with E-state index in [2.05, 4.69) is 28.7 Å². The maximum absolute atomic E-state index is 13.2. The molecule has 2 aliphatic heterocycles. The van der Waals surface area contributed by atoms with Gasteiger partial charge in [-0.25, -0.2) is 17.8 Å². The fourth-order valence-electron chi connectivity index (χ4n) is 4.11. The number of rotatable bonds is 4. The van der Waals surface area contributed by atoms with Crippen molar-refractivity contribution in [2.75, 3.05) is 13.1 Å². The van der Waals surface area contributed by atoms with Gasteiger partial charge in [-0.2, -0.15) is 4.31 Å². The number of hydrogen-bond acceptors (Lipinski definition) is 5. The van der Waals surface area contributed by atoms with Gasteiger partial charge >= 0.3 is 0 Å². The lowest BCUT2D eigenvalue weighted by Crippen LogP contribution is -2.40. The molecule has 4 rings (SSSR count). The molecule has 2 aliphatic rings. The van der Waals surface area contributed by atoms with E-state index >= 15 is 0 Å². The number of nitrogens with one attached hydrogen (secondary N) is 1. The zero-order chi connectivity index (χ0) is 20.8. The van der Waals surface area contributed by atoms with Crippen molar-refractivity contribution >= 4 is 10.0 Å². The smallest absolute Gasteiger partial charge is 0.255 e. The molecule has 0 radical (unpaired) electrons. The molecule has 2 aromatic rings. The summed E-state index contributed by atoms with van der Waals surface area (Å²) < 4.78 is 40.8. The Kier molecular flexibility index (Phi) is 5.30. The maximum atomic E-state index is 13.2. The van der Waals surface area contributed by atoms with Gasteiger partial charge in [0.25, 0.3) is 5.56 Å². The number of fused-ring (bicyclic) bond motifs is 1. The van der Waals surface area contributed by atoms with E-state index in [0.717, 1.165) is 24.4 Å². The Labute approximate surface area is 169 Å². The van der Waals surface area contributed by atoms with Crippen LogP contribution in [0.25, 0.3) is 0 Å². The summed E-state index contributed by atoms with van der Waals surface area (Å²) in [5.74, 6) is -0.0898. The average Bonchev–Trinajstić information content (AvgIpc) is 3.19. The highest BCUT2D eigenvalue weighted by Gasteiger charge is 2.38. The van der Waals surface area contributed by atoms with Crippen molar-refractivity contribution in [2.45, 2.75) is 56.6 Å². The summed E-state index contributed by atoms with van der Waals surface area (Å²) in [6, 6.07) is 4.63. The predicted molar refractivity (Wildman–Crippen MR) is 106 cm³/mol. The number of nitrogens with zero attached hydrogens (tertiary/aromatic N) is 3. The first-order chi connectivity index (χ1) is 13.8. The van der Waals surface area contributed by atoms with Crippen LogP contribution in [0.3, 0.4) is 0 Å². The first-order valence-corrected chi connectivity index (χ1v) is 11.3. The molecule has 1 fully saturated rings. The fourth-order valence-corrected chi connectivity index (χ4v) is 5.77. The molecule has 0 amide bonds. The average molecular weight is 421 g/mol. The number of aromatic nitrogens is 2. The van der Waals surface area contributed by atoms with E-state index in [0.29, 0.717) is 49.8 Å². The standard InChI is InChI=1S/C20H25FN4O3S/c1-13(2)24-11-9-17-16(12-24)20(26)23-19(22-17)18-4-3-10-25(18)29(27,28)15-7-5-14(21)6-8-15/h5-8,13,18H,3-4,9-12H2,1-2H3,(H,22,23,26). The van der Waals surface area contributed by atoms with Crippen LogP contribution in [0.15, 0.2) is 34.0 Å². The number of H-pyrrole nitrogens is 1. The first kappa shape index (κ1) is 20.2. The van der Waals surface area contributed by atoms with Gasteiger partial charge in [0, 0.05) is 32.1 Å². The minimum absolute atomic E-state index is 0.0404. The number of aromatic amines is 1. The quantitative estimate of drug-likeness (QED) is 0.820. The Morgan fingerprint density at radius 2 is 1.93 bits per heavy atom. The molecule has 156 valence electrons. The summed E-state index contributed by atoms with van der Waals surface area (Å²) in [6.07, 6.45) is 1.93. The molecule has 0 saturated carbocycles. The van der Waals surface area contributed by atoms with Crippen LogP contribution in [0.5, 0.6) is 0 Å². The predicted octanol–water partition coefficient (Wildman–Crippen LogP) is 2.20. The second-order valence-electron chi connectivity index (χ2n) is 7.92. The molecular weight excluding hydrogens is 395 g/mol. The highest BCUT2D eigenvalue weighted by Crippen LogP contribution is 2.35. The van der Waals surface area contributed by atoms with Gasteiger partial charge in [0.2, 0.25) is 10.0 Å². The Balaban J connectivity index is 1.67. The van der Waals surface area contributed by atoms with Gasteiger partial charge in [0.1, 0.15) is 11.6 Å². The zero-order valence-electron chi connectivity index (χ0n) is 16.6. The zero-order valence-corrected chi connectivity index (χ0v) is 17.4. The first-order valence-electron chi connectivity index (χ1n) is 9.91. The van der Waals surface area contributed by atoms with Gasteiger partial charge in [-0.1, -0.05) is 0 Å². The molecule has 1 unspecified atom stereocenters. The van der Waals surface area contributed by atoms with E-state index in [9.17, 15) is 17.6 Å². The molecule has 9 heteroatoms. The highest BCUT2D eigenvalue weighted by atomic mass is 32.2. The summed E-state index contributed by atoms with van der Waals surface area (Å²) in [4.78, 5) is 22.5. The van der Waals surface area contributed by atoms with Crippen LogP contribution >= 0.6 is 0 Å². The largest absolute Gasteiger partial charge is 0.309 e. The Morgan fingerprint density at radius 1 is 1.21 bits per heavy atom. The van der Waals surface area contributed by atoms with Gasteiger partial charge in [0.15, 0.2) is 0 Å². The van der Waals surface area contributed by atoms with Crippen molar-refractivity contribution in [3.05, 3.63) is 57.5 Å². The van der Waals surface area contributed by atoms with Crippen molar-refractivity contribution in [3.63, 3.8) is 0 Å². The molecule has 1 N–H and O–H groups in total. The minimum Gasteiger partial charge on any atom is -0.309 e. The third-order valence-corrected chi connectivity index (χ3v) is 7.71. The highest BCUT2D eigenvalue weighted by molar-refractivity contribution is 7.89. The maximum Gasteiger partial charge on any atom is 0.255 e. The summed E-state index contributed by atoms with van der Waals surface area (Å²) in [5, 5.41) is 0. The molecule has 0 spiro atoms. The number of hydrogen-bond donors (Lipinski definition) is 1. The summed E-state index contributed by atoms with van der Waals surface area (Å²) in [7, 11) is -3.81. The minimum atomic E-state index is -3.81. The molecule has 3 heterocycles. The van der Waals surface area contributed by atoms with Crippen molar-refractivity contribution < 1.29 is 12.8 Å². The molecule has 7 nitrogen and oxygen atoms in total. The lowest BCUT2D eigenvalue weighted by Gasteiger charge is -2.31. The number of halogens is 1. The second kappa shape index (κ2) is 7.62. The normalized spacial score (nSPS) is 20.9. The molecule has 0 aliphatic carbocycles. The molecule has 1 aromatic carbocycles. The monoisotopic (exact) mass is 420 g/mol. The van der Waals surface area contributed by atoms with E-state index in [-0.39, 0.29) is 10.5 Å². The van der Waals surface area contributed by atoms with Crippen LogP contribution in [0.1, 0.15) is 49.8 Å². The van der Waals surface area contributed by atoms with E-state index in [1.54, 1.807) is 0 Å². The third-order valence-electron chi connectivity index (χ3n) is 5.79. The molecule has 1 atom stereocenters. The molecule has 1 saturated heterocycles. The Morgan fingerprint density at radius 3 is 2.62 bits per heavy atom. The van der Waals surface area contributed by atoms with Gasteiger partial charge in [-0.05, 0) is 51.0 Å². The SMILES string of the molecule is CC(C)N1CCc2nc(C3CCCN3S(=O)(=O)c3ccc(F)cc3)[nH]c(=O)c2C1. The van der Waals surface area contributed by atoms with Crippen LogP contribution in [-0.2, 0) is 23.0 Å². The summed E-state index contributed by atoms with van der Waals surface area (Å²) in [6.45, 7) is 5.91. The summed E-state index contributed by atoms with van der Waals surface area (Å²) in [5.41, 5.74) is 1.23. The molecule has 29 heavy (non-hydrogen) atoms. The number of sulfonamides is 1. The van der Waals surface area contributed by atoms with Gasteiger partial charge < -0.3 is 4.98 Å². The van der Waals surface area contributed by atoms with Crippen LogP contribution in [0.4, 0.5) is 4.39 Å². The second-order valence-corrected chi connectivity index (χ2v) is 9.81. The number of benzene rings is 1. The van der Waals surface area contributed by atoms with Crippen molar-refractivity contribution in [2.24, 2.45) is 0 Å². The van der Waals surface area contributed by atoms with Gasteiger partial charge in [-0.15, -0.1) is 0 Å². The van der Waals surface area contributed by atoms with Crippen molar-refractivity contribution in [1.82, 2.24) is 19.2 Å². The van der Waals surface area contributed by atoms with Crippen LogP contribution in [0.2, 0.25) is 0 Å². The van der Waals surface area contributed by atoms with Crippen LogP contribution in [0, 0.1) is 5.82 Å². The Hall–Kier alpha value is -2.10. The topological polar surface area (TPSA) is 86.4 Å². The van der Waals surface area contributed by atoms with E-state index in [4.69, 9.17) is 0 Å². The molecule has 1 aromatic heterocycles. The van der Waals surface area contributed by atoms with Crippen molar-refractivity contribution in [1.29, 1.82) is 0 Å². The Bertz CT molecular complexity index is 1070. The third kappa shape index (κ3) is 3.74. The van der Waals surface area contributed by atoms with Crippen LogP contribution in [-0.4, -0.2) is 46.7 Å². The summed E-state index contributed by atoms with van der Waals surface area (Å²) >= 11 is 0. The molecule has 0 bridgehead atoms.